The second-order valence-corrected chi connectivity index (χ2v) is 5.22. The highest BCUT2D eigenvalue weighted by molar-refractivity contribution is 6.30. The fourth-order valence-electron chi connectivity index (χ4n) is 2.57. The van der Waals surface area contributed by atoms with Gasteiger partial charge in [-0.3, -0.25) is 4.79 Å². The lowest BCUT2D eigenvalue weighted by Gasteiger charge is -2.35. The van der Waals surface area contributed by atoms with Crippen molar-refractivity contribution >= 4 is 23.5 Å². The van der Waals surface area contributed by atoms with Crippen LogP contribution in [0, 0.1) is 11.7 Å². The van der Waals surface area contributed by atoms with Crippen LogP contribution in [0.3, 0.4) is 0 Å². The summed E-state index contributed by atoms with van der Waals surface area (Å²) in [5, 5.41) is 18.6. The Hall–Kier alpha value is -2.14. The number of allylic oxidation sites excluding steroid dienone is 2. The zero-order valence-corrected chi connectivity index (χ0v) is 11.8. The van der Waals surface area contributed by atoms with E-state index >= 15 is 0 Å². The summed E-state index contributed by atoms with van der Waals surface area (Å²) in [5.41, 5.74) is -1.39. The van der Waals surface area contributed by atoms with Crippen LogP contribution in [0.4, 0.5) is 4.39 Å². The van der Waals surface area contributed by atoms with Crippen molar-refractivity contribution in [2.75, 3.05) is 0 Å². The molecule has 2 unspecified atom stereocenters. The van der Waals surface area contributed by atoms with E-state index in [1.165, 1.54) is 37.3 Å². The number of hydrogen-bond acceptors (Lipinski definition) is 2. The highest BCUT2D eigenvalue weighted by atomic mass is 35.5. The molecule has 0 aromatic heterocycles. The van der Waals surface area contributed by atoms with E-state index < -0.39 is 29.1 Å². The van der Waals surface area contributed by atoms with E-state index in [9.17, 15) is 24.2 Å². The highest BCUT2D eigenvalue weighted by Gasteiger charge is 2.47. The predicted octanol–water partition coefficient (Wildman–Crippen LogP) is 3.02. The first-order valence-electron chi connectivity index (χ1n) is 6.12. The van der Waals surface area contributed by atoms with Gasteiger partial charge in [0.05, 0.1) is 5.02 Å². The second-order valence-electron chi connectivity index (χ2n) is 4.81. The minimum Gasteiger partial charge on any atom is -0.480 e. The molecule has 1 aliphatic carbocycles. The number of carboxylic acids is 2. The van der Waals surface area contributed by atoms with E-state index in [1.807, 2.05) is 0 Å². The van der Waals surface area contributed by atoms with E-state index in [2.05, 4.69) is 0 Å². The molecule has 2 rings (SSSR count). The smallest absolute Gasteiger partial charge is 0.331 e. The monoisotopic (exact) mass is 310 g/mol. The normalized spacial score (nSPS) is 24.5. The average Bonchev–Trinajstić information content (AvgIpc) is 2.41. The topological polar surface area (TPSA) is 74.6 Å². The average molecular weight is 311 g/mol. The molecule has 21 heavy (non-hydrogen) atoms. The van der Waals surface area contributed by atoms with Crippen LogP contribution in [0.5, 0.6) is 0 Å². The predicted molar refractivity (Wildman–Crippen MR) is 74.7 cm³/mol. The van der Waals surface area contributed by atoms with Crippen molar-refractivity contribution in [1.82, 2.24) is 0 Å². The lowest BCUT2D eigenvalue weighted by Crippen LogP contribution is -2.43. The lowest BCUT2D eigenvalue weighted by molar-refractivity contribution is -0.143. The van der Waals surface area contributed by atoms with Gasteiger partial charge < -0.3 is 10.2 Å². The van der Waals surface area contributed by atoms with Crippen molar-refractivity contribution in [3.63, 3.8) is 0 Å². The van der Waals surface area contributed by atoms with Crippen LogP contribution in [0.15, 0.2) is 42.0 Å². The Labute approximate surface area is 125 Å². The third-order valence-corrected chi connectivity index (χ3v) is 4.07. The zero-order chi connectivity index (χ0) is 15.8. The molecule has 0 heterocycles. The molecule has 0 amide bonds. The molecule has 0 spiro atoms. The SMILES string of the molecule is CC1C(C(=O)O)=CC=CC1(C(=O)O)c1ccc(F)c(Cl)c1. The largest absolute Gasteiger partial charge is 0.480 e. The van der Waals surface area contributed by atoms with Gasteiger partial charge in [-0.2, -0.15) is 0 Å². The molecule has 0 fully saturated rings. The maximum absolute atomic E-state index is 13.3. The number of benzene rings is 1. The number of rotatable bonds is 3. The number of hydrogen-bond donors (Lipinski definition) is 2. The Morgan fingerprint density at radius 2 is 2.00 bits per heavy atom. The number of halogens is 2. The van der Waals surface area contributed by atoms with Crippen molar-refractivity contribution in [1.29, 1.82) is 0 Å². The Kier molecular flexibility index (Phi) is 3.87. The minimum atomic E-state index is -1.60. The summed E-state index contributed by atoms with van der Waals surface area (Å²) in [5.74, 6) is -3.91. The van der Waals surface area contributed by atoms with Crippen LogP contribution in [0.2, 0.25) is 5.02 Å². The Morgan fingerprint density at radius 3 is 2.52 bits per heavy atom. The summed E-state index contributed by atoms with van der Waals surface area (Å²) in [6, 6.07) is 3.60. The van der Waals surface area contributed by atoms with Crippen LogP contribution in [0.25, 0.3) is 0 Å². The van der Waals surface area contributed by atoms with Crippen LogP contribution in [-0.2, 0) is 15.0 Å². The minimum absolute atomic E-state index is 0.0275. The summed E-state index contributed by atoms with van der Waals surface area (Å²) in [6.07, 6.45) is 4.14. The molecule has 2 N–H and O–H groups in total. The summed E-state index contributed by atoms with van der Waals surface area (Å²) in [4.78, 5) is 23.1. The van der Waals surface area contributed by atoms with Gasteiger partial charge in [0.25, 0.3) is 0 Å². The van der Waals surface area contributed by atoms with E-state index in [1.54, 1.807) is 0 Å². The second kappa shape index (κ2) is 5.33. The maximum Gasteiger partial charge on any atom is 0.331 e. The third kappa shape index (κ3) is 2.34. The van der Waals surface area contributed by atoms with Crippen molar-refractivity contribution in [3.05, 3.63) is 58.4 Å². The van der Waals surface area contributed by atoms with E-state index in [-0.39, 0.29) is 16.2 Å². The quantitative estimate of drug-likeness (QED) is 0.900. The fourth-order valence-corrected chi connectivity index (χ4v) is 2.75. The van der Waals surface area contributed by atoms with Crippen LogP contribution < -0.4 is 0 Å². The summed E-state index contributed by atoms with van der Waals surface area (Å²) in [7, 11) is 0. The molecule has 110 valence electrons. The van der Waals surface area contributed by atoms with Gasteiger partial charge in [0.2, 0.25) is 0 Å². The summed E-state index contributed by atoms with van der Waals surface area (Å²) in [6.45, 7) is 1.51. The molecule has 2 atom stereocenters. The van der Waals surface area contributed by atoms with Crippen molar-refractivity contribution in [2.24, 2.45) is 5.92 Å². The van der Waals surface area contributed by atoms with Gasteiger partial charge in [0, 0.05) is 11.5 Å². The standard InChI is InChI=1S/C15H12ClFO4/c1-8-10(13(18)19)3-2-6-15(8,14(20)21)9-4-5-12(17)11(16)7-9/h2-8H,1H3,(H,18,19)(H,20,21). The molecule has 0 saturated heterocycles. The Bertz CT molecular complexity index is 680. The van der Waals surface area contributed by atoms with Gasteiger partial charge >= 0.3 is 11.9 Å². The molecular weight excluding hydrogens is 299 g/mol. The third-order valence-electron chi connectivity index (χ3n) is 3.78. The van der Waals surface area contributed by atoms with Gasteiger partial charge in [0.1, 0.15) is 11.2 Å². The molecule has 0 radical (unpaired) electrons. The first kappa shape index (κ1) is 15.3. The maximum atomic E-state index is 13.3. The first-order chi connectivity index (χ1) is 9.80. The van der Waals surface area contributed by atoms with Gasteiger partial charge in [-0.05, 0) is 17.7 Å². The zero-order valence-electron chi connectivity index (χ0n) is 11.0. The van der Waals surface area contributed by atoms with E-state index in [0.717, 1.165) is 6.07 Å². The van der Waals surface area contributed by atoms with Crippen LogP contribution in [-0.4, -0.2) is 22.2 Å². The Balaban J connectivity index is 2.65. The lowest BCUT2D eigenvalue weighted by atomic mass is 9.66. The van der Waals surface area contributed by atoms with E-state index in [0.29, 0.717) is 0 Å². The number of carboxylic acid groups (broad SMARTS) is 2. The highest BCUT2D eigenvalue weighted by Crippen LogP contribution is 2.42. The molecule has 0 saturated carbocycles. The van der Waals surface area contributed by atoms with Crippen molar-refractivity contribution in [3.8, 4) is 0 Å². The fraction of sp³-hybridized carbons (Fsp3) is 0.200. The number of carbonyl (C=O) groups is 2. The van der Waals surface area contributed by atoms with Gasteiger partial charge in [-0.25, -0.2) is 9.18 Å². The van der Waals surface area contributed by atoms with Crippen molar-refractivity contribution in [2.45, 2.75) is 12.3 Å². The number of aliphatic carboxylic acids is 2. The molecular formula is C15H12ClFO4. The molecule has 1 aliphatic rings. The summed E-state index contributed by atoms with van der Waals surface area (Å²) < 4.78 is 13.3. The van der Waals surface area contributed by atoms with E-state index in [4.69, 9.17) is 11.6 Å². The van der Waals surface area contributed by atoms with Crippen LogP contribution >= 0.6 is 11.6 Å². The van der Waals surface area contributed by atoms with Gasteiger partial charge in [-0.1, -0.05) is 42.8 Å². The summed E-state index contributed by atoms with van der Waals surface area (Å²) >= 11 is 5.72. The van der Waals surface area contributed by atoms with Crippen LogP contribution in [0.1, 0.15) is 12.5 Å². The molecule has 0 bridgehead atoms. The Morgan fingerprint density at radius 1 is 1.33 bits per heavy atom. The molecule has 6 heteroatoms. The van der Waals surface area contributed by atoms with Gasteiger partial charge in [-0.15, -0.1) is 0 Å². The van der Waals surface area contributed by atoms with Gasteiger partial charge in [0.15, 0.2) is 0 Å². The molecule has 0 aliphatic heterocycles. The molecule has 4 nitrogen and oxygen atoms in total. The first-order valence-corrected chi connectivity index (χ1v) is 6.50. The molecule has 1 aromatic carbocycles. The molecule has 1 aromatic rings. The van der Waals surface area contributed by atoms with Crippen molar-refractivity contribution < 1.29 is 24.2 Å².